The van der Waals surface area contributed by atoms with Gasteiger partial charge in [0.1, 0.15) is 0 Å². The molecule has 0 unspecified atom stereocenters. The summed E-state index contributed by atoms with van der Waals surface area (Å²) in [4.78, 5) is 21.2. The number of nitrogens with zero attached hydrogens (tertiary/aromatic N) is 3. The second kappa shape index (κ2) is 8.27. The predicted molar refractivity (Wildman–Crippen MR) is 97.4 cm³/mol. The van der Waals surface area contributed by atoms with Crippen LogP contribution in [0.15, 0.2) is 41.3 Å². The van der Waals surface area contributed by atoms with Gasteiger partial charge in [-0.25, -0.2) is 4.98 Å². The molecule has 1 amide bonds. The minimum atomic E-state index is -0.0387. The fourth-order valence-corrected chi connectivity index (χ4v) is 3.14. The van der Waals surface area contributed by atoms with E-state index in [4.69, 9.17) is 4.42 Å². The standard InChI is InChI=1S/C19H26N4O2/c1-3-22-8-10-23(11-9-22)15(2)12-21-19(24)17-6-4-16(5-7-17)18-13-20-14-25-18/h4-7,13-15H,3,8-12H2,1-2H3,(H,21,24)/t15-/m1/s1. The van der Waals surface area contributed by atoms with Crippen LogP contribution in [0.1, 0.15) is 24.2 Å². The van der Waals surface area contributed by atoms with Crippen LogP contribution in [0.4, 0.5) is 0 Å². The summed E-state index contributed by atoms with van der Waals surface area (Å²) in [6.45, 7) is 10.5. The molecule has 0 bridgehead atoms. The van der Waals surface area contributed by atoms with Crippen molar-refractivity contribution in [3.05, 3.63) is 42.4 Å². The molecule has 1 aromatic carbocycles. The Morgan fingerprint density at radius 1 is 1.24 bits per heavy atom. The third kappa shape index (κ3) is 4.46. The lowest BCUT2D eigenvalue weighted by Gasteiger charge is -2.37. The van der Waals surface area contributed by atoms with Crippen LogP contribution in [-0.2, 0) is 0 Å². The number of carbonyl (C=O) groups is 1. The molecule has 6 nitrogen and oxygen atoms in total. The number of benzene rings is 1. The van der Waals surface area contributed by atoms with Crippen LogP contribution in [0.2, 0.25) is 0 Å². The maximum absolute atomic E-state index is 12.4. The monoisotopic (exact) mass is 342 g/mol. The fourth-order valence-electron chi connectivity index (χ4n) is 3.14. The molecule has 1 atom stereocenters. The van der Waals surface area contributed by atoms with E-state index in [-0.39, 0.29) is 5.91 Å². The van der Waals surface area contributed by atoms with Crippen LogP contribution in [0.25, 0.3) is 11.3 Å². The van der Waals surface area contributed by atoms with Crippen molar-refractivity contribution < 1.29 is 9.21 Å². The maximum Gasteiger partial charge on any atom is 0.251 e. The molecule has 1 N–H and O–H groups in total. The quantitative estimate of drug-likeness (QED) is 0.871. The zero-order chi connectivity index (χ0) is 17.6. The number of nitrogens with one attached hydrogen (secondary N) is 1. The lowest BCUT2D eigenvalue weighted by atomic mass is 10.1. The number of aromatic nitrogens is 1. The summed E-state index contributed by atoms with van der Waals surface area (Å²) in [6, 6.07) is 7.73. The number of rotatable bonds is 6. The zero-order valence-corrected chi connectivity index (χ0v) is 14.9. The van der Waals surface area contributed by atoms with Gasteiger partial charge in [0.2, 0.25) is 0 Å². The van der Waals surface area contributed by atoms with E-state index in [0.29, 0.717) is 23.9 Å². The van der Waals surface area contributed by atoms with E-state index in [9.17, 15) is 4.79 Å². The molecular formula is C19H26N4O2. The van der Waals surface area contributed by atoms with Crippen molar-refractivity contribution in [2.45, 2.75) is 19.9 Å². The number of oxazole rings is 1. The molecule has 0 spiro atoms. The topological polar surface area (TPSA) is 61.6 Å². The molecule has 0 radical (unpaired) electrons. The average molecular weight is 342 g/mol. The van der Waals surface area contributed by atoms with E-state index in [1.54, 1.807) is 6.20 Å². The fraction of sp³-hybridized carbons (Fsp3) is 0.474. The number of carbonyl (C=O) groups excluding carboxylic acids is 1. The molecule has 1 saturated heterocycles. The van der Waals surface area contributed by atoms with Crippen molar-refractivity contribution >= 4 is 5.91 Å². The van der Waals surface area contributed by atoms with E-state index in [2.05, 4.69) is 33.9 Å². The van der Waals surface area contributed by atoms with E-state index < -0.39 is 0 Å². The molecule has 0 saturated carbocycles. The van der Waals surface area contributed by atoms with E-state index in [0.717, 1.165) is 38.3 Å². The number of likely N-dealkylation sites (N-methyl/N-ethyl adjacent to an activating group) is 1. The zero-order valence-electron chi connectivity index (χ0n) is 14.9. The molecule has 2 heterocycles. The summed E-state index contributed by atoms with van der Waals surface area (Å²) in [5.74, 6) is 0.662. The lowest BCUT2D eigenvalue weighted by molar-refractivity contribution is 0.0883. The predicted octanol–water partition coefficient (Wildman–Crippen LogP) is 2.10. The van der Waals surface area contributed by atoms with Crippen LogP contribution in [0.5, 0.6) is 0 Å². The van der Waals surface area contributed by atoms with Gasteiger partial charge in [0, 0.05) is 49.9 Å². The van der Waals surface area contributed by atoms with Gasteiger partial charge >= 0.3 is 0 Å². The highest BCUT2D eigenvalue weighted by Crippen LogP contribution is 2.18. The van der Waals surface area contributed by atoms with Gasteiger partial charge in [-0.2, -0.15) is 0 Å². The van der Waals surface area contributed by atoms with E-state index >= 15 is 0 Å². The Morgan fingerprint density at radius 2 is 1.96 bits per heavy atom. The Bertz CT molecular complexity index is 661. The van der Waals surface area contributed by atoms with Crippen LogP contribution in [-0.4, -0.2) is 66.0 Å². The Balaban J connectivity index is 1.49. The number of piperazine rings is 1. The van der Waals surface area contributed by atoms with Crippen molar-refractivity contribution in [1.29, 1.82) is 0 Å². The highest BCUT2D eigenvalue weighted by atomic mass is 16.3. The Hall–Kier alpha value is -2.18. The molecule has 0 aliphatic carbocycles. The van der Waals surface area contributed by atoms with Crippen molar-refractivity contribution in [3.8, 4) is 11.3 Å². The van der Waals surface area contributed by atoms with Gasteiger partial charge in [-0.15, -0.1) is 0 Å². The third-order valence-electron chi connectivity index (χ3n) is 4.90. The minimum Gasteiger partial charge on any atom is -0.444 e. The van der Waals surface area contributed by atoms with Crippen molar-refractivity contribution in [2.24, 2.45) is 0 Å². The first kappa shape index (κ1) is 17.6. The minimum absolute atomic E-state index is 0.0387. The highest BCUT2D eigenvalue weighted by Gasteiger charge is 2.20. The normalized spacial score (nSPS) is 17.4. The van der Waals surface area contributed by atoms with Crippen LogP contribution in [0, 0.1) is 0 Å². The van der Waals surface area contributed by atoms with Gasteiger partial charge in [-0.05, 0) is 25.6 Å². The van der Waals surface area contributed by atoms with Crippen molar-refractivity contribution in [2.75, 3.05) is 39.3 Å². The third-order valence-corrected chi connectivity index (χ3v) is 4.90. The van der Waals surface area contributed by atoms with Gasteiger partial charge in [0.25, 0.3) is 5.91 Å². The van der Waals surface area contributed by atoms with Gasteiger partial charge in [-0.3, -0.25) is 9.69 Å². The number of amides is 1. The Kier molecular flexibility index (Phi) is 5.83. The molecule has 1 aromatic heterocycles. The van der Waals surface area contributed by atoms with E-state index in [1.165, 1.54) is 6.39 Å². The van der Waals surface area contributed by atoms with Crippen molar-refractivity contribution in [3.63, 3.8) is 0 Å². The molecule has 1 aliphatic rings. The summed E-state index contributed by atoms with van der Waals surface area (Å²) in [5, 5.41) is 3.05. The molecule has 1 fully saturated rings. The molecular weight excluding hydrogens is 316 g/mol. The van der Waals surface area contributed by atoms with Crippen LogP contribution in [0.3, 0.4) is 0 Å². The largest absolute Gasteiger partial charge is 0.444 e. The summed E-state index contributed by atoms with van der Waals surface area (Å²) in [6.07, 6.45) is 3.06. The lowest BCUT2D eigenvalue weighted by Crippen LogP contribution is -2.52. The molecule has 2 aromatic rings. The van der Waals surface area contributed by atoms with E-state index in [1.807, 2.05) is 24.3 Å². The van der Waals surface area contributed by atoms with Gasteiger partial charge in [-0.1, -0.05) is 19.1 Å². The van der Waals surface area contributed by atoms with Gasteiger partial charge < -0.3 is 14.6 Å². The Morgan fingerprint density at radius 3 is 2.56 bits per heavy atom. The summed E-state index contributed by atoms with van der Waals surface area (Å²) in [7, 11) is 0. The van der Waals surface area contributed by atoms with Crippen LogP contribution >= 0.6 is 0 Å². The Labute approximate surface area is 148 Å². The first-order chi connectivity index (χ1) is 12.2. The maximum atomic E-state index is 12.4. The summed E-state index contributed by atoms with van der Waals surface area (Å²) in [5.41, 5.74) is 1.57. The number of hydrogen-bond acceptors (Lipinski definition) is 5. The van der Waals surface area contributed by atoms with Crippen LogP contribution < -0.4 is 5.32 Å². The smallest absolute Gasteiger partial charge is 0.251 e. The first-order valence-corrected chi connectivity index (χ1v) is 8.91. The first-order valence-electron chi connectivity index (χ1n) is 8.91. The van der Waals surface area contributed by atoms with Crippen molar-refractivity contribution in [1.82, 2.24) is 20.1 Å². The summed E-state index contributed by atoms with van der Waals surface area (Å²) >= 11 is 0. The molecule has 25 heavy (non-hydrogen) atoms. The highest BCUT2D eigenvalue weighted by molar-refractivity contribution is 5.94. The summed E-state index contributed by atoms with van der Waals surface area (Å²) < 4.78 is 5.26. The van der Waals surface area contributed by atoms with Gasteiger partial charge in [0.15, 0.2) is 12.2 Å². The average Bonchev–Trinajstić information content (AvgIpc) is 3.21. The molecule has 6 heteroatoms. The second-order valence-corrected chi connectivity index (χ2v) is 6.47. The molecule has 1 aliphatic heterocycles. The number of hydrogen-bond donors (Lipinski definition) is 1. The SMILES string of the molecule is CCN1CCN([C@H](C)CNC(=O)c2ccc(-c3cnco3)cc2)CC1. The molecule has 3 rings (SSSR count). The second-order valence-electron chi connectivity index (χ2n) is 6.47. The van der Waals surface area contributed by atoms with Gasteiger partial charge in [0.05, 0.1) is 6.20 Å². The molecule has 134 valence electrons.